The fourth-order valence-corrected chi connectivity index (χ4v) is 3.62. The average Bonchev–Trinajstić information content (AvgIpc) is 2.48. The van der Waals surface area contributed by atoms with Crippen LogP contribution in [0.15, 0.2) is 18.2 Å². The van der Waals surface area contributed by atoms with E-state index in [0.29, 0.717) is 6.04 Å². The van der Waals surface area contributed by atoms with E-state index in [1.807, 2.05) is 25.2 Å². The van der Waals surface area contributed by atoms with Crippen molar-refractivity contribution in [2.45, 2.75) is 57.4 Å². The van der Waals surface area contributed by atoms with Crippen LogP contribution in [-0.2, 0) is 6.42 Å². The van der Waals surface area contributed by atoms with Crippen LogP contribution < -0.4 is 5.32 Å². The summed E-state index contributed by atoms with van der Waals surface area (Å²) in [5.41, 5.74) is 1.15. The Labute approximate surface area is 133 Å². The van der Waals surface area contributed by atoms with Gasteiger partial charge in [-0.1, -0.05) is 55.3 Å². The number of likely N-dealkylation sites (N-methyl/N-ethyl adjacent to an activating group) is 1. The Morgan fingerprint density at radius 3 is 2.65 bits per heavy atom. The SMILES string of the molecule is CNC(CCC1CCCCC1)Cc1cc(Cl)ccc1Cl. The van der Waals surface area contributed by atoms with Gasteiger partial charge in [-0.2, -0.15) is 0 Å². The van der Waals surface area contributed by atoms with Gasteiger partial charge >= 0.3 is 0 Å². The Morgan fingerprint density at radius 2 is 1.95 bits per heavy atom. The van der Waals surface area contributed by atoms with Gasteiger partial charge in [0.25, 0.3) is 0 Å². The molecule has 112 valence electrons. The molecular formula is C17H25Cl2N. The molecule has 0 radical (unpaired) electrons. The maximum atomic E-state index is 6.26. The number of hydrogen-bond acceptors (Lipinski definition) is 1. The lowest BCUT2D eigenvalue weighted by Crippen LogP contribution is -2.28. The molecule has 1 aliphatic rings. The molecule has 0 saturated heterocycles. The first kappa shape index (κ1) is 16.1. The van der Waals surface area contributed by atoms with Gasteiger partial charge in [-0.05, 0) is 56.0 Å². The van der Waals surface area contributed by atoms with Crippen LogP contribution in [0.4, 0.5) is 0 Å². The van der Waals surface area contributed by atoms with E-state index >= 15 is 0 Å². The molecule has 0 aromatic heterocycles. The van der Waals surface area contributed by atoms with Gasteiger partial charge in [-0.25, -0.2) is 0 Å². The summed E-state index contributed by atoms with van der Waals surface area (Å²) >= 11 is 12.3. The van der Waals surface area contributed by atoms with E-state index in [2.05, 4.69) is 5.32 Å². The van der Waals surface area contributed by atoms with E-state index in [9.17, 15) is 0 Å². The number of benzene rings is 1. The third kappa shape index (κ3) is 4.95. The molecule has 0 aliphatic heterocycles. The zero-order valence-corrected chi connectivity index (χ0v) is 13.8. The molecule has 1 aromatic rings. The van der Waals surface area contributed by atoms with Crippen molar-refractivity contribution in [2.75, 3.05) is 7.05 Å². The monoisotopic (exact) mass is 313 g/mol. The lowest BCUT2D eigenvalue weighted by atomic mass is 9.84. The molecule has 1 atom stereocenters. The normalized spacial score (nSPS) is 18.1. The third-order valence-electron chi connectivity index (χ3n) is 4.53. The number of nitrogens with one attached hydrogen (secondary N) is 1. The van der Waals surface area contributed by atoms with Crippen LogP contribution >= 0.6 is 23.2 Å². The van der Waals surface area contributed by atoms with E-state index in [-0.39, 0.29) is 0 Å². The molecule has 3 heteroatoms. The highest BCUT2D eigenvalue weighted by atomic mass is 35.5. The van der Waals surface area contributed by atoms with Gasteiger partial charge in [0.15, 0.2) is 0 Å². The minimum absolute atomic E-state index is 0.493. The van der Waals surface area contributed by atoms with Crippen LogP contribution in [0.25, 0.3) is 0 Å². The van der Waals surface area contributed by atoms with Crippen molar-refractivity contribution in [2.24, 2.45) is 5.92 Å². The van der Waals surface area contributed by atoms with E-state index in [4.69, 9.17) is 23.2 Å². The van der Waals surface area contributed by atoms with Gasteiger partial charge in [-0.15, -0.1) is 0 Å². The Bertz CT molecular complexity index is 413. The standard InChI is InChI=1S/C17H25Cl2N/c1-20-16(9-7-13-5-3-2-4-6-13)12-14-11-15(18)8-10-17(14)19/h8,10-11,13,16,20H,2-7,9,12H2,1H3. The predicted molar refractivity (Wildman–Crippen MR) is 88.8 cm³/mol. The van der Waals surface area contributed by atoms with Gasteiger partial charge < -0.3 is 5.32 Å². The molecule has 1 aromatic carbocycles. The second-order valence-corrected chi connectivity index (χ2v) is 6.85. The van der Waals surface area contributed by atoms with Crippen molar-refractivity contribution in [1.82, 2.24) is 5.32 Å². The first-order chi connectivity index (χ1) is 9.69. The zero-order valence-electron chi connectivity index (χ0n) is 12.3. The lowest BCUT2D eigenvalue weighted by Gasteiger charge is -2.24. The van der Waals surface area contributed by atoms with E-state index in [1.54, 1.807) is 0 Å². The minimum atomic E-state index is 0.493. The average molecular weight is 314 g/mol. The van der Waals surface area contributed by atoms with Gasteiger partial charge in [0.2, 0.25) is 0 Å². The highest BCUT2D eigenvalue weighted by Crippen LogP contribution is 2.29. The number of rotatable bonds is 6. The molecule has 0 bridgehead atoms. The molecule has 1 N–H and O–H groups in total. The maximum absolute atomic E-state index is 6.26. The van der Waals surface area contributed by atoms with E-state index < -0.39 is 0 Å². The van der Waals surface area contributed by atoms with E-state index in [1.165, 1.54) is 44.9 Å². The fraction of sp³-hybridized carbons (Fsp3) is 0.647. The summed E-state index contributed by atoms with van der Waals surface area (Å²) in [4.78, 5) is 0. The third-order valence-corrected chi connectivity index (χ3v) is 5.13. The molecule has 1 fully saturated rings. The summed E-state index contributed by atoms with van der Waals surface area (Å²) in [7, 11) is 2.05. The number of halogens is 2. The molecule has 20 heavy (non-hydrogen) atoms. The predicted octanol–water partition coefficient (Wildman–Crippen LogP) is 5.48. The Kier molecular flexibility index (Phi) is 6.67. The van der Waals surface area contributed by atoms with Crippen molar-refractivity contribution in [3.63, 3.8) is 0 Å². The second kappa shape index (κ2) is 8.26. The second-order valence-electron chi connectivity index (χ2n) is 6.01. The van der Waals surface area contributed by atoms with Crippen LogP contribution in [-0.4, -0.2) is 13.1 Å². The van der Waals surface area contributed by atoms with Gasteiger partial charge in [0.1, 0.15) is 0 Å². The first-order valence-electron chi connectivity index (χ1n) is 7.80. The summed E-state index contributed by atoms with van der Waals surface area (Å²) in [6.45, 7) is 0. The smallest absolute Gasteiger partial charge is 0.0439 e. The van der Waals surface area contributed by atoms with Gasteiger partial charge in [-0.3, -0.25) is 0 Å². The summed E-state index contributed by atoms with van der Waals surface area (Å²) in [5, 5.41) is 5.03. The van der Waals surface area contributed by atoms with Gasteiger partial charge in [0.05, 0.1) is 0 Å². The highest BCUT2D eigenvalue weighted by molar-refractivity contribution is 6.33. The van der Waals surface area contributed by atoms with Crippen LogP contribution in [0.2, 0.25) is 10.0 Å². The van der Waals surface area contributed by atoms with Crippen LogP contribution in [0.5, 0.6) is 0 Å². The topological polar surface area (TPSA) is 12.0 Å². The molecule has 1 unspecified atom stereocenters. The Balaban J connectivity index is 1.86. The Hall–Kier alpha value is -0.240. The maximum Gasteiger partial charge on any atom is 0.0439 e. The molecule has 0 heterocycles. The van der Waals surface area contributed by atoms with Gasteiger partial charge in [0, 0.05) is 16.1 Å². The van der Waals surface area contributed by atoms with Crippen molar-refractivity contribution in [3.05, 3.63) is 33.8 Å². The highest BCUT2D eigenvalue weighted by Gasteiger charge is 2.16. The van der Waals surface area contributed by atoms with E-state index in [0.717, 1.165) is 27.9 Å². The molecule has 0 amide bonds. The van der Waals surface area contributed by atoms with Crippen LogP contribution in [0, 0.1) is 5.92 Å². The lowest BCUT2D eigenvalue weighted by molar-refractivity contribution is 0.316. The first-order valence-corrected chi connectivity index (χ1v) is 8.56. The summed E-state index contributed by atoms with van der Waals surface area (Å²) < 4.78 is 0. The summed E-state index contributed by atoms with van der Waals surface area (Å²) in [6.07, 6.45) is 10.7. The summed E-state index contributed by atoms with van der Waals surface area (Å²) in [6, 6.07) is 6.24. The zero-order chi connectivity index (χ0) is 14.4. The van der Waals surface area contributed by atoms with Crippen LogP contribution in [0.3, 0.4) is 0 Å². The molecule has 2 rings (SSSR count). The number of hydrogen-bond donors (Lipinski definition) is 1. The molecule has 1 nitrogen and oxygen atoms in total. The minimum Gasteiger partial charge on any atom is -0.317 e. The van der Waals surface area contributed by atoms with Crippen LogP contribution in [0.1, 0.15) is 50.5 Å². The fourth-order valence-electron chi connectivity index (χ4n) is 3.23. The van der Waals surface area contributed by atoms with Crippen molar-refractivity contribution >= 4 is 23.2 Å². The van der Waals surface area contributed by atoms with Crippen molar-refractivity contribution in [3.8, 4) is 0 Å². The quantitative estimate of drug-likeness (QED) is 0.732. The van der Waals surface area contributed by atoms with Crippen molar-refractivity contribution in [1.29, 1.82) is 0 Å². The molecule has 0 spiro atoms. The molecule has 1 aliphatic carbocycles. The largest absolute Gasteiger partial charge is 0.317 e. The van der Waals surface area contributed by atoms with Crippen molar-refractivity contribution < 1.29 is 0 Å². The summed E-state index contributed by atoms with van der Waals surface area (Å²) in [5.74, 6) is 0.939. The Morgan fingerprint density at radius 1 is 1.20 bits per heavy atom. The molecular weight excluding hydrogens is 289 g/mol. The molecule has 1 saturated carbocycles.